The maximum atomic E-state index is 12.3. The van der Waals surface area contributed by atoms with Gasteiger partial charge in [0.15, 0.2) is 6.61 Å². The largest absolute Gasteiger partial charge is 0.480 e. The number of aryl methyl sites for hydroxylation is 1. The molecule has 34 heavy (non-hydrogen) atoms. The van der Waals surface area contributed by atoms with Gasteiger partial charge in [-0.15, -0.1) is 0 Å². The topological polar surface area (TPSA) is 94.6 Å². The van der Waals surface area contributed by atoms with E-state index >= 15 is 0 Å². The Morgan fingerprint density at radius 2 is 1.88 bits per heavy atom. The monoisotopic (exact) mass is 494 g/mol. The van der Waals surface area contributed by atoms with Gasteiger partial charge >= 0.3 is 5.97 Å². The molecule has 4 rings (SSSR count). The standard InChI is InChI=1S/C26H20Cl2N2O4/c1-2-15-3-5-16(6-4-15)25-19-9-8-18(12-23(19)34-26(30)20(25)13-29)33-24(31)14-32-22-10-7-17(27)11-21(22)28/h3-12,25H,2,14,30H2,1H3. The summed E-state index contributed by atoms with van der Waals surface area (Å²) in [5.41, 5.74) is 9.25. The maximum Gasteiger partial charge on any atom is 0.349 e. The van der Waals surface area contributed by atoms with E-state index in [1.807, 2.05) is 24.3 Å². The van der Waals surface area contributed by atoms with Crippen LogP contribution in [0.2, 0.25) is 10.0 Å². The zero-order valence-corrected chi connectivity index (χ0v) is 19.7. The van der Waals surface area contributed by atoms with Gasteiger partial charge in [-0.25, -0.2) is 4.79 Å². The predicted molar refractivity (Wildman–Crippen MR) is 129 cm³/mol. The second kappa shape index (κ2) is 10.1. The molecule has 3 aromatic rings. The number of halogens is 2. The van der Waals surface area contributed by atoms with Crippen LogP contribution in [-0.2, 0) is 11.2 Å². The summed E-state index contributed by atoms with van der Waals surface area (Å²) in [6, 6.07) is 19.8. The molecule has 6 nitrogen and oxygen atoms in total. The number of nitriles is 1. The van der Waals surface area contributed by atoms with Gasteiger partial charge in [0.2, 0.25) is 5.88 Å². The van der Waals surface area contributed by atoms with Crippen LogP contribution >= 0.6 is 23.2 Å². The molecule has 3 aromatic carbocycles. The van der Waals surface area contributed by atoms with Crippen LogP contribution in [0.15, 0.2) is 72.1 Å². The Morgan fingerprint density at radius 1 is 1.12 bits per heavy atom. The number of benzene rings is 3. The molecule has 1 heterocycles. The molecule has 0 radical (unpaired) electrons. The quantitative estimate of drug-likeness (QED) is 0.345. The number of rotatable bonds is 6. The maximum absolute atomic E-state index is 12.3. The molecular formula is C26H20Cl2N2O4. The average molecular weight is 495 g/mol. The number of nitrogens with two attached hydrogens (primary N) is 1. The van der Waals surface area contributed by atoms with Gasteiger partial charge in [-0.3, -0.25) is 0 Å². The molecule has 0 saturated heterocycles. The molecule has 0 fully saturated rings. The molecule has 0 spiro atoms. The number of esters is 1. The number of carbonyl (C=O) groups is 1. The highest BCUT2D eigenvalue weighted by atomic mass is 35.5. The average Bonchev–Trinajstić information content (AvgIpc) is 2.82. The van der Waals surface area contributed by atoms with E-state index in [0.29, 0.717) is 22.1 Å². The minimum atomic E-state index is -0.630. The third-order valence-corrected chi connectivity index (χ3v) is 5.91. The van der Waals surface area contributed by atoms with E-state index in [1.165, 1.54) is 11.6 Å². The summed E-state index contributed by atoms with van der Waals surface area (Å²) in [5.74, 6) is -0.0233. The zero-order chi connectivity index (χ0) is 24.2. The number of carbonyl (C=O) groups excluding carboxylic acids is 1. The first-order valence-electron chi connectivity index (χ1n) is 10.5. The zero-order valence-electron chi connectivity index (χ0n) is 18.2. The van der Waals surface area contributed by atoms with Crippen LogP contribution in [0.5, 0.6) is 17.2 Å². The number of fused-ring (bicyclic) bond motifs is 1. The predicted octanol–water partition coefficient (Wildman–Crippen LogP) is 5.76. The van der Waals surface area contributed by atoms with E-state index in [9.17, 15) is 10.1 Å². The third kappa shape index (κ3) is 4.96. The molecule has 0 saturated carbocycles. The van der Waals surface area contributed by atoms with Gasteiger partial charge < -0.3 is 19.9 Å². The van der Waals surface area contributed by atoms with Gasteiger partial charge in [-0.05, 0) is 41.8 Å². The lowest BCUT2D eigenvalue weighted by Gasteiger charge is -2.26. The van der Waals surface area contributed by atoms with Crippen LogP contribution in [-0.4, -0.2) is 12.6 Å². The van der Waals surface area contributed by atoms with E-state index in [2.05, 4.69) is 13.0 Å². The highest BCUT2D eigenvalue weighted by Crippen LogP contribution is 2.43. The number of allylic oxidation sites excluding steroid dienone is 1. The van der Waals surface area contributed by atoms with Crippen LogP contribution in [0.3, 0.4) is 0 Å². The van der Waals surface area contributed by atoms with Crippen molar-refractivity contribution in [1.29, 1.82) is 5.26 Å². The molecule has 1 aliphatic heterocycles. The van der Waals surface area contributed by atoms with Crippen molar-refractivity contribution in [3.63, 3.8) is 0 Å². The molecule has 1 aliphatic rings. The van der Waals surface area contributed by atoms with Crippen molar-refractivity contribution in [2.45, 2.75) is 19.3 Å². The van der Waals surface area contributed by atoms with Crippen LogP contribution in [0.1, 0.15) is 29.5 Å². The minimum absolute atomic E-state index is 0.0174. The number of hydrogen-bond donors (Lipinski definition) is 1. The van der Waals surface area contributed by atoms with Crippen molar-refractivity contribution >= 4 is 29.2 Å². The summed E-state index contributed by atoms with van der Waals surface area (Å²) >= 11 is 11.9. The molecule has 0 bridgehead atoms. The lowest BCUT2D eigenvalue weighted by atomic mass is 9.83. The molecule has 1 atom stereocenters. The molecule has 0 aliphatic carbocycles. The fourth-order valence-corrected chi connectivity index (χ4v) is 4.14. The highest BCUT2D eigenvalue weighted by molar-refractivity contribution is 6.35. The fourth-order valence-electron chi connectivity index (χ4n) is 3.68. The Labute approximate surface area is 207 Å². The second-order valence-electron chi connectivity index (χ2n) is 7.56. The number of ether oxygens (including phenoxy) is 3. The third-order valence-electron chi connectivity index (χ3n) is 5.38. The summed E-state index contributed by atoms with van der Waals surface area (Å²) in [7, 11) is 0. The number of hydrogen-bond acceptors (Lipinski definition) is 6. The molecule has 8 heteroatoms. The van der Waals surface area contributed by atoms with Crippen molar-refractivity contribution in [2.24, 2.45) is 5.73 Å². The molecule has 0 amide bonds. The summed E-state index contributed by atoms with van der Waals surface area (Å²) in [6.45, 7) is 1.72. The van der Waals surface area contributed by atoms with Crippen LogP contribution in [0, 0.1) is 11.3 Å². The highest BCUT2D eigenvalue weighted by Gasteiger charge is 2.31. The molecular weight excluding hydrogens is 475 g/mol. The normalized spacial score (nSPS) is 14.6. The van der Waals surface area contributed by atoms with Crippen LogP contribution in [0.4, 0.5) is 0 Å². The van der Waals surface area contributed by atoms with Gasteiger partial charge in [0.05, 0.1) is 10.9 Å². The summed E-state index contributed by atoms with van der Waals surface area (Å²) in [4.78, 5) is 12.3. The SMILES string of the molecule is CCc1ccc(C2C(C#N)=C(N)Oc3cc(OC(=O)COc4ccc(Cl)cc4Cl)ccc32)cc1. The van der Waals surface area contributed by atoms with Crippen molar-refractivity contribution in [2.75, 3.05) is 6.61 Å². The smallest absolute Gasteiger partial charge is 0.349 e. The van der Waals surface area contributed by atoms with E-state index in [0.717, 1.165) is 17.5 Å². The minimum Gasteiger partial charge on any atom is -0.480 e. The molecule has 0 aromatic heterocycles. The van der Waals surface area contributed by atoms with Gasteiger partial charge in [-0.1, -0.05) is 60.5 Å². The van der Waals surface area contributed by atoms with E-state index in [1.54, 1.807) is 30.3 Å². The van der Waals surface area contributed by atoms with Crippen molar-refractivity contribution in [1.82, 2.24) is 0 Å². The summed E-state index contributed by atoms with van der Waals surface area (Å²) in [5, 5.41) is 10.5. The van der Waals surface area contributed by atoms with E-state index in [4.69, 9.17) is 43.1 Å². The van der Waals surface area contributed by atoms with Gasteiger partial charge in [-0.2, -0.15) is 5.26 Å². The Balaban J connectivity index is 1.53. The van der Waals surface area contributed by atoms with Crippen molar-refractivity contribution < 1.29 is 19.0 Å². The first kappa shape index (κ1) is 23.5. The lowest BCUT2D eigenvalue weighted by molar-refractivity contribution is -0.136. The first-order valence-corrected chi connectivity index (χ1v) is 11.2. The summed E-state index contributed by atoms with van der Waals surface area (Å²) < 4.78 is 16.5. The van der Waals surface area contributed by atoms with Crippen molar-refractivity contribution in [3.8, 4) is 23.3 Å². The lowest BCUT2D eigenvalue weighted by Crippen LogP contribution is -2.21. The van der Waals surface area contributed by atoms with Crippen molar-refractivity contribution in [3.05, 3.63) is 98.9 Å². The first-order chi connectivity index (χ1) is 16.4. The summed E-state index contributed by atoms with van der Waals surface area (Å²) in [6.07, 6.45) is 0.913. The van der Waals surface area contributed by atoms with E-state index < -0.39 is 5.97 Å². The Morgan fingerprint density at radius 3 is 2.56 bits per heavy atom. The Bertz CT molecular complexity index is 1310. The van der Waals surface area contributed by atoms with Gasteiger partial charge in [0, 0.05) is 16.7 Å². The van der Waals surface area contributed by atoms with E-state index in [-0.39, 0.29) is 29.2 Å². The number of nitrogens with zero attached hydrogens (tertiary/aromatic N) is 1. The van der Waals surface area contributed by atoms with Crippen LogP contribution < -0.4 is 19.9 Å². The van der Waals surface area contributed by atoms with Gasteiger partial charge in [0.1, 0.15) is 28.9 Å². The fraction of sp³-hybridized carbons (Fsp3) is 0.154. The molecule has 2 N–H and O–H groups in total. The molecule has 172 valence electrons. The Kier molecular flexibility index (Phi) is 6.97. The van der Waals surface area contributed by atoms with Gasteiger partial charge in [0.25, 0.3) is 0 Å². The Hall–Kier alpha value is -3.66. The molecule has 1 unspecified atom stereocenters. The van der Waals surface area contributed by atoms with Crippen LogP contribution in [0.25, 0.3) is 0 Å². The second-order valence-corrected chi connectivity index (χ2v) is 8.40.